The molecule has 1 amide bonds. The molecule has 0 aromatic carbocycles. The van der Waals surface area contributed by atoms with Crippen LogP contribution in [0.5, 0.6) is 0 Å². The first-order valence-electron chi connectivity index (χ1n) is 4.29. The van der Waals surface area contributed by atoms with Crippen LogP contribution in [-0.2, 0) is 9.59 Å². The van der Waals surface area contributed by atoms with Gasteiger partial charge in [0.15, 0.2) is 0 Å². The van der Waals surface area contributed by atoms with Gasteiger partial charge in [0.25, 0.3) is 0 Å². The van der Waals surface area contributed by atoms with Crippen LogP contribution in [0.15, 0.2) is 0 Å². The lowest BCUT2D eigenvalue weighted by Gasteiger charge is -2.15. The highest BCUT2D eigenvalue weighted by atomic mass is 16.2. The van der Waals surface area contributed by atoms with Gasteiger partial charge in [-0.3, -0.25) is 4.79 Å². The van der Waals surface area contributed by atoms with E-state index in [0.717, 1.165) is 12.8 Å². The van der Waals surface area contributed by atoms with Gasteiger partial charge < -0.3 is 10.1 Å². The molecule has 0 saturated carbocycles. The third-order valence-electron chi connectivity index (χ3n) is 1.70. The van der Waals surface area contributed by atoms with Crippen molar-refractivity contribution in [2.75, 3.05) is 6.54 Å². The Morgan fingerprint density at radius 3 is 2.50 bits per heavy atom. The summed E-state index contributed by atoms with van der Waals surface area (Å²) in [5.74, 6) is -0.189. The van der Waals surface area contributed by atoms with E-state index in [0.29, 0.717) is 12.8 Å². The molecule has 0 radical (unpaired) electrons. The van der Waals surface area contributed by atoms with E-state index in [2.05, 4.69) is 12.2 Å². The summed E-state index contributed by atoms with van der Waals surface area (Å²) in [6.45, 7) is 5.94. The van der Waals surface area contributed by atoms with Crippen LogP contribution >= 0.6 is 0 Å². The quantitative estimate of drug-likeness (QED) is 0.383. The molecule has 0 spiro atoms. The average Bonchev–Trinajstić information content (AvgIpc) is 2.05. The second kappa shape index (κ2) is 4.91. The van der Waals surface area contributed by atoms with Crippen molar-refractivity contribution < 1.29 is 9.59 Å². The van der Waals surface area contributed by atoms with Gasteiger partial charge in [0, 0.05) is 6.54 Å². The van der Waals surface area contributed by atoms with Crippen LogP contribution in [0, 0.1) is 5.41 Å². The lowest BCUT2D eigenvalue weighted by atomic mass is 9.95. The van der Waals surface area contributed by atoms with E-state index in [4.69, 9.17) is 0 Å². The number of carbonyl (C=O) groups excluding carboxylic acids is 2. The molecule has 3 nitrogen and oxygen atoms in total. The molecule has 0 aromatic heterocycles. The normalized spacial score (nSPS) is 10.9. The molecular weight excluding hydrogens is 154 g/mol. The van der Waals surface area contributed by atoms with Crippen LogP contribution in [0.3, 0.4) is 0 Å². The molecule has 0 saturated heterocycles. The minimum atomic E-state index is -0.881. The highest BCUT2D eigenvalue weighted by molar-refractivity contribution is 5.95. The number of unbranched alkanes of at least 4 members (excludes halogenated alkanes) is 1. The minimum Gasteiger partial charge on any atom is -0.355 e. The molecule has 0 heterocycles. The van der Waals surface area contributed by atoms with Crippen molar-refractivity contribution in [3.63, 3.8) is 0 Å². The predicted molar refractivity (Wildman–Crippen MR) is 47.8 cm³/mol. The van der Waals surface area contributed by atoms with Crippen molar-refractivity contribution in [2.45, 2.75) is 33.6 Å². The van der Waals surface area contributed by atoms with Gasteiger partial charge >= 0.3 is 0 Å². The fourth-order valence-corrected chi connectivity index (χ4v) is 0.660. The molecule has 0 atom stereocenters. The molecule has 70 valence electrons. The molecule has 3 heteroatoms. The first kappa shape index (κ1) is 11.1. The summed E-state index contributed by atoms with van der Waals surface area (Å²) in [5, 5.41) is 2.70. The minimum absolute atomic E-state index is 0.189. The first-order chi connectivity index (χ1) is 5.54. The number of hydrogen-bond acceptors (Lipinski definition) is 2. The molecule has 0 rings (SSSR count). The average molecular weight is 171 g/mol. The Morgan fingerprint density at radius 2 is 2.08 bits per heavy atom. The van der Waals surface area contributed by atoms with Crippen LogP contribution in [0.1, 0.15) is 33.6 Å². The van der Waals surface area contributed by atoms with Crippen molar-refractivity contribution >= 4 is 12.2 Å². The second-order valence-electron chi connectivity index (χ2n) is 3.45. The molecule has 0 fully saturated rings. The van der Waals surface area contributed by atoms with Gasteiger partial charge in [-0.2, -0.15) is 0 Å². The maximum Gasteiger partial charge on any atom is 0.232 e. The first-order valence-corrected chi connectivity index (χ1v) is 4.29. The molecule has 0 aliphatic heterocycles. The number of carbonyl (C=O) groups is 2. The van der Waals surface area contributed by atoms with E-state index in [1.165, 1.54) is 0 Å². The summed E-state index contributed by atoms with van der Waals surface area (Å²) in [7, 11) is 0. The summed E-state index contributed by atoms with van der Waals surface area (Å²) in [5.41, 5.74) is -0.881. The van der Waals surface area contributed by atoms with Crippen LogP contribution in [-0.4, -0.2) is 18.7 Å². The molecule has 12 heavy (non-hydrogen) atoms. The molecular formula is C9H17NO2. The van der Waals surface area contributed by atoms with Crippen molar-refractivity contribution in [2.24, 2.45) is 5.41 Å². The number of aldehydes is 1. The highest BCUT2D eigenvalue weighted by Crippen LogP contribution is 2.09. The van der Waals surface area contributed by atoms with Crippen molar-refractivity contribution in [1.29, 1.82) is 0 Å². The smallest absolute Gasteiger partial charge is 0.232 e. The topological polar surface area (TPSA) is 46.2 Å². The van der Waals surface area contributed by atoms with Gasteiger partial charge in [-0.05, 0) is 20.3 Å². The Kier molecular flexibility index (Phi) is 4.55. The summed E-state index contributed by atoms with van der Waals surface area (Å²) in [6, 6.07) is 0. The molecule has 0 aromatic rings. The molecule has 0 aliphatic rings. The number of nitrogens with one attached hydrogen (secondary N) is 1. The maximum atomic E-state index is 11.2. The van der Waals surface area contributed by atoms with E-state index < -0.39 is 5.41 Å². The second-order valence-corrected chi connectivity index (χ2v) is 3.45. The molecule has 0 bridgehead atoms. The summed E-state index contributed by atoms with van der Waals surface area (Å²) >= 11 is 0. The number of rotatable bonds is 5. The molecule has 0 aliphatic carbocycles. The van der Waals surface area contributed by atoms with Gasteiger partial charge in [0.2, 0.25) is 5.91 Å². The third-order valence-corrected chi connectivity index (χ3v) is 1.70. The van der Waals surface area contributed by atoms with Crippen molar-refractivity contribution in [1.82, 2.24) is 5.32 Å². The Balaban J connectivity index is 3.79. The van der Waals surface area contributed by atoms with E-state index in [-0.39, 0.29) is 5.91 Å². The van der Waals surface area contributed by atoms with Gasteiger partial charge in [0.1, 0.15) is 6.29 Å². The van der Waals surface area contributed by atoms with Gasteiger partial charge in [-0.15, -0.1) is 0 Å². The van der Waals surface area contributed by atoms with Crippen LogP contribution in [0.25, 0.3) is 0 Å². The van der Waals surface area contributed by atoms with Gasteiger partial charge in [-0.1, -0.05) is 13.3 Å². The SMILES string of the molecule is CCCCNC(=O)C(C)(C)C=O. The Hall–Kier alpha value is -0.860. The standard InChI is InChI=1S/C9H17NO2/c1-4-5-6-10-8(12)9(2,3)7-11/h7H,4-6H2,1-3H3,(H,10,12). The van der Waals surface area contributed by atoms with Crippen LogP contribution in [0.2, 0.25) is 0 Å². The zero-order valence-electron chi connectivity index (χ0n) is 8.02. The van der Waals surface area contributed by atoms with Crippen molar-refractivity contribution in [3.05, 3.63) is 0 Å². The van der Waals surface area contributed by atoms with E-state index in [1.807, 2.05) is 0 Å². The fraction of sp³-hybridized carbons (Fsp3) is 0.778. The van der Waals surface area contributed by atoms with E-state index in [9.17, 15) is 9.59 Å². The van der Waals surface area contributed by atoms with Crippen molar-refractivity contribution in [3.8, 4) is 0 Å². The molecule has 0 unspecified atom stereocenters. The maximum absolute atomic E-state index is 11.2. The Labute approximate surface area is 73.5 Å². The van der Waals surface area contributed by atoms with Gasteiger partial charge in [0.05, 0.1) is 5.41 Å². The highest BCUT2D eigenvalue weighted by Gasteiger charge is 2.25. The summed E-state index contributed by atoms with van der Waals surface area (Å²) < 4.78 is 0. The van der Waals surface area contributed by atoms with E-state index >= 15 is 0 Å². The van der Waals surface area contributed by atoms with Crippen LogP contribution in [0.4, 0.5) is 0 Å². The zero-order chi connectivity index (χ0) is 9.61. The fourth-order valence-electron chi connectivity index (χ4n) is 0.660. The van der Waals surface area contributed by atoms with Crippen LogP contribution < -0.4 is 5.32 Å². The van der Waals surface area contributed by atoms with Gasteiger partial charge in [-0.25, -0.2) is 0 Å². The monoisotopic (exact) mass is 171 g/mol. The summed E-state index contributed by atoms with van der Waals surface area (Å²) in [4.78, 5) is 21.7. The Morgan fingerprint density at radius 1 is 1.50 bits per heavy atom. The zero-order valence-corrected chi connectivity index (χ0v) is 8.02. The largest absolute Gasteiger partial charge is 0.355 e. The summed E-state index contributed by atoms with van der Waals surface area (Å²) in [6.07, 6.45) is 2.68. The lowest BCUT2D eigenvalue weighted by Crippen LogP contribution is -2.38. The van der Waals surface area contributed by atoms with E-state index in [1.54, 1.807) is 13.8 Å². The number of hydrogen-bond donors (Lipinski definition) is 1. The molecule has 1 N–H and O–H groups in total. The third kappa shape index (κ3) is 3.51. The lowest BCUT2D eigenvalue weighted by molar-refractivity contribution is -0.134. The predicted octanol–water partition coefficient (Wildman–Crippen LogP) is 1.13. The number of amides is 1. The Bertz CT molecular complexity index is 164.